The summed E-state index contributed by atoms with van der Waals surface area (Å²) in [6.07, 6.45) is 2.69. The predicted molar refractivity (Wildman–Crippen MR) is 87.5 cm³/mol. The number of nitrogens with zero attached hydrogens (tertiary/aromatic N) is 1. The highest BCUT2D eigenvalue weighted by molar-refractivity contribution is 5.77. The molecule has 0 bridgehead atoms. The summed E-state index contributed by atoms with van der Waals surface area (Å²) in [5.74, 6) is 1.88. The number of fused-ring (bicyclic) bond motifs is 1. The van der Waals surface area contributed by atoms with Crippen molar-refractivity contribution in [2.45, 2.75) is 32.7 Å². The Bertz CT molecular complexity index is 544. The number of piperidine rings is 1. The third kappa shape index (κ3) is 3.47. The van der Waals surface area contributed by atoms with E-state index in [2.05, 4.69) is 42.3 Å². The van der Waals surface area contributed by atoms with E-state index in [1.165, 1.54) is 31.3 Å². The Morgan fingerprint density at radius 3 is 3.00 bits per heavy atom. The summed E-state index contributed by atoms with van der Waals surface area (Å²) in [4.78, 5) is 2.58. The molecule has 3 rings (SSSR count). The number of nitrogens with one attached hydrogen (secondary N) is 1. The van der Waals surface area contributed by atoms with Gasteiger partial charge in [-0.05, 0) is 44.0 Å². The molecule has 0 spiro atoms. The largest absolute Gasteiger partial charge is 0.459 e. The first kappa shape index (κ1) is 14.6. The van der Waals surface area contributed by atoms with Crippen LogP contribution in [0.5, 0.6) is 0 Å². The average molecular weight is 286 g/mol. The molecule has 2 atom stereocenters. The van der Waals surface area contributed by atoms with Gasteiger partial charge in [0.2, 0.25) is 0 Å². The molecule has 2 heterocycles. The summed E-state index contributed by atoms with van der Waals surface area (Å²) in [5, 5.41) is 4.78. The van der Waals surface area contributed by atoms with Gasteiger partial charge in [0.05, 0.1) is 6.04 Å². The summed E-state index contributed by atoms with van der Waals surface area (Å²) in [6, 6.07) is 10.7. The van der Waals surface area contributed by atoms with Crippen molar-refractivity contribution in [3.63, 3.8) is 0 Å². The van der Waals surface area contributed by atoms with Crippen molar-refractivity contribution in [2.75, 3.05) is 26.2 Å². The molecule has 114 valence electrons. The Balaban J connectivity index is 1.76. The summed E-state index contributed by atoms with van der Waals surface area (Å²) < 4.78 is 6.06. The van der Waals surface area contributed by atoms with E-state index in [0.717, 1.165) is 30.4 Å². The fourth-order valence-corrected chi connectivity index (χ4v) is 3.39. The van der Waals surface area contributed by atoms with Crippen molar-refractivity contribution in [3.8, 4) is 0 Å². The van der Waals surface area contributed by atoms with Crippen molar-refractivity contribution in [3.05, 3.63) is 36.1 Å². The normalized spacial score (nSPS) is 21.7. The first-order valence-corrected chi connectivity index (χ1v) is 8.20. The second kappa shape index (κ2) is 6.63. The molecule has 1 N–H and O–H groups in total. The van der Waals surface area contributed by atoms with Crippen LogP contribution in [0.4, 0.5) is 0 Å². The Morgan fingerprint density at radius 1 is 1.38 bits per heavy atom. The van der Waals surface area contributed by atoms with Crippen LogP contribution in [0.2, 0.25) is 0 Å². The summed E-state index contributed by atoms with van der Waals surface area (Å²) in [6.45, 7) is 8.95. The van der Waals surface area contributed by atoms with Crippen LogP contribution in [0.15, 0.2) is 34.7 Å². The standard InChI is InChI=1S/C18H26N2O/c1-3-19-16(13-20-10-6-7-14(2)12-20)18-11-15-8-4-5-9-17(15)21-18/h4-5,8-9,11,14,16,19H,3,6-7,10,12-13H2,1-2H3. The zero-order valence-electron chi connectivity index (χ0n) is 13.1. The lowest BCUT2D eigenvalue weighted by atomic mass is 9.99. The SMILES string of the molecule is CCNC(CN1CCCC(C)C1)c1cc2ccccc2o1. The molecule has 1 aromatic carbocycles. The van der Waals surface area contributed by atoms with Crippen LogP contribution >= 0.6 is 0 Å². The van der Waals surface area contributed by atoms with Gasteiger partial charge in [-0.15, -0.1) is 0 Å². The van der Waals surface area contributed by atoms with E-state index in [1.54, 1.807) is 0 Å². The minimum absolute atomic E-state index is 0.285. The highest BCUT2D eigenvalue weighted by Gasteiger charge is 2.22. The summed E-state index contributed by atoms with van der Waals surface area (Å²) in [7, 11) is 0. The van der Waals surface area contributed by atoms with E-state index in [-0.39, 0.29) is 6.04 Å². The van der Waals surface area contributed by atoms with E-state index in [4.69, 9.17) is 4.42 Å². The molecule has 0 aliphatic carbocycles. The molecule has 0 amide bonds. The van der Waals surface area contributed by atoms with E-state index in [9.17, 15) is 0 Å². The van der Waals surface area contributed by atoms with Crippen LogP contribution < -0.4 is 5.32 Å². The van der Waals surface area contributed by atoms with Gasteiger partial charge >= 0.3 is 0 Å². The zero-order chi connectivity index (χ0) is 14.7. The van der Waals surface area contributed by atoms with Crippen molar-refractivity contribution < 1.29 is 4.42 Å². The third-order valence-corrected chi connectivity index (χ3v) is 4.42. The highest BCUT2D eigenvalue weighted by atomic mass is 16.3. The number of hydrogen-bond acceptors (Lipinski definition) is 3. The maximum Gasteiger partial charge on any atom is 0.134 e. The minimum atomic E-state index is 0.285. The van der Waals surface area contributed by atoms with Crippen LogP contribution in [0, 0.1) is 5.92 Å². The van der Waals surface area contributed by atoms with Gasteiger partial charge in [0.25, 0.3) is 0 Å². The number of rotatable bonds is 5. The van der Waals surface area contributed by atoms with Gasteiger partial charge < -0.3 is 14.6 Å². The van der Waals surface area contributed by atoms with Crippen LogP contribution in [0.3, 0.4) is 0 Å². The topological polar surface area (TPSA) is 28.4 Å². The average Bonchev–Trinajstić information content (AvgIpc) is 2.91. The maximum atomic E-state index is 6.06. The third-order valence-electron chi connectivity index (χ3n) is 4.42. The van der Waals surface area contributed by atoms with Crippen LogP contribution in [0.25, 0.3) is 11.0 Å². The number of likely N-dealkylation sites (tertiary alicyclic amines) is 1. The fraction of sp³-hybridized carbons (Fsp3) is 0.556. The number of hydrogen-bond donors (Lipinski definition) is 1. The highest BCUT2D eigenvalue weighted by Crippen LogP contribution is 2.26. The monoisotopic (exact) mass is 286 g/mol. The molecule has 1 saturated heterocycles. The predicted octanol–water partition coefficient (Wildman–Crippen LogP) is 3.82. The quantitative estimate of drug-likeness (QED) is 0.906. The molecule has 0 saturated carbocycles. The minimum Gasteiger partial charge on any atom is -0.459 e. The molecule has 1 aromatic heterocycles. The molecule has 3 heteroatoms. The summed E-state index contributed by atoms with van der Waals surface area (Å²) >= 11 is 0. The van der Waals surface area contributed by atoms with Crippen LogP contribution in [0.1, 0.15) is 38.5 Å². The van der Waals surface area contributed by atoms with Crippen molar-refractivity contribution in [1.82, 2.24) is 10.2 Å². The van der Waals surface area contributed by atoms with Gasteiger partial charge in [-0.25, -0.2) is 0 Å². The van der Waals surface area contributed by atoms with Crippen molar-refractivity contribution in [2.24, 2.45) is 5.92 Å². The van der Waals surface area contributed by atoms with Gasteiger partial charge in [-0.3, -0.25) is 0 Å². The molecular formula is C18H26N2O. The van der Waals surface area contributed by atoms with E-state index < -0.39 is 0 Å². The lowest BCUT2D eigenvalue weighted by Crippen LogP contribution is -2.40. The van der Waals surface area contributed by atoms with Gasteiger partial charge in [0.1, 0.15) is 11.3 Å². The molecule has 1 fully saturated rings. The maximum absolute atomic E-state index is 6.06. The zero-order valence-corrected chi connectivity index (χ0v) is 13.1. The molecular weight excluding hydrogens is 260 g/mol. The lowest BCUT2D eigenvalue weighted by molar-refractivity contribution is 0.162. The Labute approximate surface area is 127 Å². The molecule has 21 heavy (non-hydrogen) atoms. The van der Waals surface area contributed by atoms with Gasteiger partial charge in [-0.2, -0.15) is 0 Å². The van der Waals surface area contributed by atoms with E-state index >= 15 is 0 Å². The molecule has 1 aliphatic rings. The van der Waals surface area contributed by atoms with Gasteiger partial charge in [0.15, 0.2) is 0 Å². The molecule has 2 aromatic rings. The second-order valence-electron chi connectivity index (χ2n) is 6.30. The fourth-order valence-electron chi connectivity index (χ4n) is 3.39. The van der Waals surface area contributed by atoms with Crippen LogP contribution in [-0.2, 0) is 0 Å². The first-order chi connectivity index (χ1) is 10.3. The van der Waals surface area contributed by atoms with Crippen molar-refractivity contribution in [1.29, 1.82) is 0 Å². The van der Waals surface area contributed by atoms with Crippen LogP contribution in [-0.4, -0.2) is 31.1 Å². The number of furan rings is 1. The number of para-hydroxylation sites is 1. The lowest BCUT2D eigenvalue weighted by Gasteiger charge is -2.33. The van der Waals surface area contributed by atoms with E-state index in [1.807, 2.05) is 12.1 Å². The molecule has 3 nitrogen and oxygen atoms in total. The number of benzene rings is 1. The Kier molecular flexibility index (Phi) is 4.61. The smallest absolute Gasteiger partial charge is 0.134 e. The van der Waals surface area contributed by atoms with Gasteiger partial charge in [0, 0.05) is 18.5 Å². The number of likely N-dealkylation sites (N-methyl/N-ethyl adjacent to an activating group) is 1. The molecule has 0 radical (unpaired) electrons. The first-order valence-electron chi connectivity index (χ1n) is 8.20. The molecule has 1 aliphatic heterocycles. The summed E-state index contributed by atoms with van der Waals surface area (Å²) in [5.41, 5.74) is 0.988. The molecule has 2 unspecified atom stereocenters. The van der Waals surface area contributed by atoms with E-state index in [0.29, 0.717) is 0 Å². The second-order valence-corrected chi connectivity index (χ2v) is 6.30. The van der Waals surface area contributed by atoms with Gasteiger partial charge in [-0.1, -0.05) is 32.0 Å². The van der Waals surface area contributed by atoms with Crippen molar-refractivity contribution >= 4 is 11.0 Å². The Morgan fingerprint density at radius 2 is 2.24 bits per heavy atom. The Hall–Kier alpha value is -1.32.